The van der Waals surface area contributed by atoms with Crippen molar-refractivity contribution in [1.82, 2.24) is 24.5 Å². The van der Waals surface area contributed by atoms with E-state index in [0.29, 0.717) is 25.2 Å². The fraction of sp³-hybridized carbons (Fsp3) is 0.214. The minimum Gasteiger partial charge on any atom is -0.338 e. The zero-order valence-corrected chi connectivity index (χ0v) is 20.1. The lowest BCUT2D eigenvalue weighted by molar-refractivity contribution is 0.0672. The predicted molar refractivity (Wildman–Crippen MR) is 138 cm³/mol. The summed E-state index contributed by atoms with van der Waals surface area (Å²) in [5.74, 6) is 0.896. The van der Waals surface area contributed by atoms with Crippen LogP contribution in [0.4, 0.5) is 10.3 Å². The molecule has 1 atom stereocenters. The van der Waals surface area contributed by atoms with Crippen LogP contribution in [-0.2, 0) is 0 Å². The third-order valence-corrected chi connectivity index (χ3v) is 6.78. The maximum Gasteiger partial charge on any atom is 0.254 e. The number of anilines is 1. The van der Waals surface area contributed by atoms with Gasteiger partial charge in [-0.05, 0) is 44.2 Å². The molecule has 1 fully saturated rings. The first kappa shape index (κ1) is 22.2. The number of carbonyl (C=O) groups is 1. The molecule has 36 heavy (non-hydrogen) atoms. The van der Waals surface area contributed by atoms with Gasteiger partial charge in [-0.2, -0.15) is 0 Å². The van der Waals surface area contributed by atoms with Gasteiger partial charge in [0, 0.05) is 42.2 Å². The highest BCUT2D eigenvalue weighted by atomic mass is 19.1. The Labute approximate surface area is 207 Å². The number of rotatable bonds is 3. The second-order valence-electron chi connectivity index (χ2n) is 9.28. The van der Waals surface area contributed by atoms with Gasteiger partial charge in [0.25, 0.3) is 5.91 Å². The van der Waals surface area contributed by atoms with Crippen LogP contribution in [0.3, 0.4) is 0 Å². The number of aromatic nitrogens is 4. The van der Waals surface area contributed by atoms with Crippen molar-refractivity contribution in [2.75, 3.05) is 24.5 Å². The summed E-state index contributed by atoms with van der Waals surface area (Å²) in [5.41, 5.74) is 4.08. The molecule has 1 aliphatic heterocycles. The second kappa shape index (κ2) is 8.71. The van der Waals surface area contributed by atoms with Crippen LogP contribution in [0.5, 0.6) is 0 Å². The minimum absolute atomic E-state index is 0.0999. The number of carbonyl (C=O) groups excluding carboxylic acids is 1. The van der Waals surface area contributed by atoms with Crippen LogP contribution in [0.25, 0.3) is 27.9 Å². The highest BCUT2D eigenvalue weighted by molar-refractivity contribution is 5.95. The van der Waals surface area contributed by atoms with Gasteiger partial charge >= 0.3 is 0 Å². The van der Waals surface area contributed by atoms with Gasteiger partial charge in [-0.1, -0.05) is 48.0 Å². The van der Waals surface area contributed by atoms with E-state index in [2.05, 4.69) is 34.2 Å². The van der Waals surface area contributed by atoms with Gasteiger partial charge in [-0.15, -0.1) is 10.2 Å². The van der Waals surface area contributed by atoms with E-state index >= 15 is 0 Å². The zero-order chi connectivity index (χ0) is 24.8. The molecular weight excluding hydrogens is 455 g/mol. The molecule has 0 unspecified atom stereocenters. The Kier molecular flexibility index (Phi) is 5.36. The average Bonchev–Trinajstić information content (AvgIpc) is 3.34. The number of hydrogen-bond donors (Lipinski definition) is 0. The lowest BCUT2D eigenvalue weighted by Gasteiger charge is -2.40. The number of nitrogens with zero attached hydrogens (tertiary/aromatic N) is 6. The molecule has 2 aromatic heterocycles. The van der Waals surface area contributed by atoms with Crippen molar-refractivity contribution in [2.45, 2.75) is 19.9 Å². The van der Waals surface area contributed by atoms with Crippen molar-refractivity contribution < 1.29 is 9.18 Å². The number of aryl methyl sites for hydroxylation is 1. The molecular formula is C28H25FN6O. The molecule has 8 heteroatoms. The van der Waals surface area contributed by atoms with E-state index in [9.17, 15) is 9.18 Å². The summed E-state index contributed by atoms with van der Waals surface area (Å²) in [6.07, 6.45) is 0. The molecule has 0 radical (unpaired) electrons. The first-order valence-electron chi connectivity index (χ1n) is 12.0. The third-order valence-electron chi connectivity index (χ3n) is 6.78. The van der Waals surface area contributed by atoms with E-state index < -0.39 is 5.82 Å². The number of piperazine rings is 1. The molecule has 0 aliphatic carbocycles. The van der Waals surface area contributed by atoms with E-state index in [0.717, 1.165) is 33.9 Å². The van der Waals surface area contributed by atoms with E-state index in [1.165, 1.54) is 17.7 Å². The van der Waals surface area contributed by atoms with Gasteiger partial charge in [0.05, 0.1) is 5.52 Å². The molecule has 5 aromatic rings. The van der Waals surface area contributed by atoms with Gasteiger partial charge < -0.3 is 9.80 Å². The summed E-state index contributed by atoms with van der Waals surface area (Å²) >= 11 is 0. The first-order chi connectivity index (χ1) is 17.5. The Bertz CT molecular complexity index is 1600. The largest absolute Gasteiger partial charge is 0.338 e. The highest BCUT2D eigenvalue weighted by Crippen LogP contribution is 2.30. The van der Waals surface area contributed by atoms with Crippen LogP contribution in [0, 0.1) is 12.7 Å². The van der Waals surface area contributed by atoms with Crippen LogP contribution >= 0.6 is 0 Å². The van der Waals surface area contributed by atoms with Gasteiger partial charge in [0.15, 0.2) is 11.5 Å². The predicted octanol–water partition coefficient (Wildman–Crippen LogP) is 4.74. The molecule has 3 heterocycles. The topological polar surface area (TPSA) is 66.6 Å². The van der Waals surface area contributed by atoms with E-state index in [1.54, 1.807) is 17.0 Å². The lowest BCUT2D eigenvalue weighted by Crippen LogP contribution is -2.54. The fourth-order valence-corrected chi connectivity index (χ4v) is 4.90. The summed E-state index contributed by atoms with van der Waals surface area (Å²) < 4.78 is 15.7. The first-order valence-corrected chi connectivity index (χ1v) is 12.0. The molecule has 1 saturated heterocycles. The van der Waals surface area contributed by atoms with Crippen molar-refractivity contribution in [3.8, 4) is 11.4 Å². The molecule has 180 valence electrons. The van der Waals surface area contributed by atoms with Crippen LogP contribution in [0.1, 0.15) is 22.8 Å². The average molecular weight is 481 g/mol. The number of fused-ring (bicyclic) bond motifs is 3. The molecule has 7 nitrogen and oxygen atoms in total. The summed E-state index contributed by atoms with van der Waals surface area (Å²) in [7, 11) is 0. The summed E-state index contributed by atoms with van der Waals surface area (Å²) in [5, 5.41) is 10.0. The molecule has 6 rings (SSSR count). The van der Waals surface area contributed by atoms with Crippen LogP contribution in [0.2, 0.25) is 0 Å². The van der Waals surface area contributed by atoms with Gasteiger partial charge in [0.1, 0.15) is 5.82 Å². The fourth-order valence-electron chi connectivity index (χ4n) is 4.90. The molecule has 0 bridgehead atoms. The Morgan fingerprint density at radius 2 is 1.78 bits per heavy atom. The van der Waals surface area contributed by atoms with Gasteiger partial charge in [-0.25, -0.2) is 13.8 Å². The maximum absolute atomic E-state index is 13.7. The van der Waals surface area contributed by atoms with Gasteiger partial charge in [0.2, 0.25) is 5.95 Å². The maximum atomic E-state index is 13.7. The van der Waals surface area contributed by atoms with Crippen molar-refractivity contribution in [3.63, 3.8) is 0 Å². The Morgan fingerprint density at radius 1 is 0.972 bits per heavy atom. The van der Waals surface area contributed by atoms with Crippen LogP contribution < -0.4 is 4.90 Å². The Balaban J connectivity index is 1.41. The van der Waals surface area contributed by atoms with Crippen molar-refractivity contribution in [2.24, 2.45) is 0 Å². The SMILES string of the molecule is Cc1ccc(-c2nnc3c4ccccc4nc(N4CCN(C(=O)c5cccc(F)c5)[C@@H](C)C4)n23)cc1. The molecule has 3 aromatic carbocycles. The highest BCUT2D eigenvalue weighted by Gasteiger charge is 2.31. The minimum atomic E-state index is -0.411. The van der Waals surface area contributed by atoms with Crippen LogP contribution in [0.15, 0.2) is 72.8 Å². The molecule has 1 amide bonds. The Morgan fingerprint density at radius 3 is 2.56 bits per heavy atom. The molecule has 0 spiro atoms. The van der Waals surface area contributed by atoms with E-state index in [-0.39, 0.29) is 11.9 Å². The normalized spacial score (nSPS) is 16.1. The number of amides is 1. The summed E-state index contributed by atoms with van der Waals surface area (Å²) in [4.78, 5) is 22.1. The van der Waals surface area contributed by atoms with Gasteiger partial charge in [-0.3, -0.25) is 4.79 Å². The lowest BCUT2D eigenvalue weighted by atomic mass is 10.1. The summed E-state index contributed by atoms with van der Waals surface area (Å²) in [6.45, 7) is 5.71. The van der Waals surface area contributed by atoms with Crippen molar-refractivity contribution in [3.05, 3.63) is 89.7 Å². The molecule has 0 N–H and O–H groups in total. The van der Waals surface area contributed by atoms with Crippen molar-refractivity contribution in [1.29, 1.82) is 0 Å². The standard InChI is InChI=1S/C28H25FN6O/c1-18-10-12-20(13-11-18)25-31-32-26-23-8-3-4-9-24(23)30-28(35(25)26)33-14-15-34(19(2)17-33)27(36)21-6-5-7-22(29)16-21/h3-13,16,19H,14-15,17H2,1-2H3/t19-/m0/s1. The van der Waals surface area contributed by atoms with Crippen LogP contribution in [-0.4, -0.2) is 56.1 Å². The number of halogens is 1. The second-order valence-corrected chi connectivity index (χ2v) is 9.28. The monoisotopic (exact) mass is 480 g/mol. The summed E-state index contributed by atoms with van der Waals surface area (Å²) in [6, 6.07) is 21.9. The van der Waals surface area contributed by atoms with E-state index in [4.69, 9.17) is 4.98 Å². The molecule has 1 aliphatic rings. The quantitative estimate of drug-likeness (QED) is 0.373. The smallest absolute Gasteiger partial charge is 0.254 e. The number of hydrogen-bond acceptors (Lipinski definition) is 5. The third kappa shape index (κ3) is 3.75. The zero-order valence-electron chi connectivity index (χ0n) is 20.1. The number of para-hydroxylation sites is 1. The van der Waals surface area contributed by atoms with Crippen molar-refractivity contribution >= 4 is 28.4 Å². The molecule has 0 saturated carbocycles. The Hall–Kier alpha value is -4.33. The van der Waals surface area contributed by atoms with E-state index in [1.807, 2.05) is 47.7 Å². The number of benzene rings is 3.